The van der Waals surface area contributed by atoms with Crippen molar-refractivity contribution in [2.45, 2.75) is 16.6 Å². The van der Waals surface area contributed by atoms with Gasteiger partial charge in [0.15, 0.2) is 0 Å². The third-order valence-corrected chi connectivity index (χ3v) is 7.37. The summed E-state index contributed by atoms with van der Waals surface area (Å²) in [5.74, 6) is -0.474. The standard InChI is InChI=1S/C24H15ClN6O4S2/c25-17-6-4-5-16(11-17)14-29-22(32)21(37-24(29)33)13-15-9-10-20(19(12-15)31(34)35)36-23-26-27-28-30(23)18-7-2-1-3-8-18/h1-13H,14H2/b21-13-. The summed E-state index contributed by atoms with van der Waals surface area (Å²) >= 11 is 7.83. The number of aromatic nitrogens is 4. The highest BCUT2D eigenvalue weighted by molar-refractivity contribution is 8.18. The fourth-order valence-electron chi connectivity index (χ4n) is 3.53. The largest absolute Gasteiger partial charge is 0.293 e. The van der Waals surface area contributed by atoms with Crippen molar-refractivity contribution in [1.82, 2.24) is 25.1 Å². The second kappa shape index (κ2) is 10.5. The Bertz CT molecular complexity index is 1560. The Morgan fingerprint density at radius 2 is 1.86 bits per heavy atom. The Hall–Kier alpha value is -4.00. The lowest BCUT2D eigenvalue weighted by Crippen LogP contribution is -2.27. The van der Waals surface area contributed by atoms with Gasteiger partial charge in [-0.15, -0.1) is 5.10 Å². The zero-order valence-corrected chi connectivity index (χ0v) is 21.1. The second-order valence-electron chi connectivity index (χ2n) is 7.69. The van der Waals surface area contributed by atoms with Gasteiger partial charge in [-0.1, -0.05) is 48.0 Å². The monoisotopic (exact) mass is 550 g/mol. The van der Waals surface area contributed by atoms with Gasteiger partial charge < -0.3 is 0 Å². The SMILES string of the molecule is O=C1S/C(=C\c2ccc(Sc3nnnn3-c3ccccc3)c([N+](=O)[O-])c2)C(=O)N1Cc1cccc(Cl)c1. The van der Waals surface area contributed by atoms with Gasteiger partial charge in [0, 0.05) is 11.1 Å². The fourth-order valence-corrected chi connectivity index (χ4v) is 5.46. The number of hydrogen-bond acceptors (Lipinski definition) is 9. The van der Waals surface area contributed by atoms with Crippen molar-refractivity contribution in [1.29, 1.82) is 0 Å². The first-order chi connectivity index (χ1) is 17.9. The lowest BCUT2D eigenvalue weighted by atomic mass is 10.1. The molecule has 1 saturated heterocycles. The number of hydrogen-bond donors (Lipinski definition) is 0. The van der Waals surface area contributed by atoms with E-state index in [1.165, 1.54) is 16.8 Å². The Kier molecular flexibility index (Phi) is 7.04. The average molecular weight is 551 g/mol. The van der Waals surface area contributed by atoms with E-state index in [4.69, 9.17) is 11.6 Å². The maximum absolute atomic E-state index is 12.9. The fraction of sp³-hybridized carbons (Fsp3) is 0.0417. The Morgan fingerprint density at radius 3 is 2.62 bits per heavy atom. The highest BCUT2D eigenvalue weighted by atomic mass is 35.5. The number of carbonyl (C=O) groups excluding carboxylic acids is 2. The molecule has 0 N–H and O–H groups in total. The minimum absolute atomic E-state index is 0.0778. The average Bonchev–Trinajstić information content (AvgIpc) is 3.45. The summed E-state index contributed by atoms with van der Waals surface area (Å²) in [6.07, 6.45) is 1.47. The second-order valence-corrected chi connectivity index (χ2v) is 10.1. The molecule has 2 amide bonds. The molecule has 1 aromatic heterocycles. The number of para-hydroxylation sites is 1. The van der Waals surface area contributed by atoms with E-state index >= 15 is 0 Å². The molecule has 184 valence electrons. The molecule has 1 aliphatic rings. The molecule has 1 fully saturated rings. The van der Waals surface area contributed by atoms with Crippen molar-refractivity contribution in [2.24, 2.45) is 0 Å². The summed E-state index contributed by atoms with van der Waals surface area (Å²) in [6.45, 7) is 0.0778. The molecule has 0 saturated carbocycles. The molecular formula is C24H15ClN6O4S2. The number of thioether (sulfide) groups is 1. The zero-order valence-electron chi connectivity index (χ0n) is 18.7. The number of benzene rings is 3. The quantitative estimate of drug-likeness (QED) is 0.164. The van der Waals surface area contributed by atoms with Gasteiger partial charge in [0.1, 0.15) is 0 Å². The van der Waals surface area contributed by atoms with Gasteiger partial charge in [-0.3, -0.25) is 24.6 Å². The Morgan fingerprint density at radius 1 is 1.05 bits per heavy atom. The van der Waals surface area contributed by atoms with Crippen LogP contribution in [0.15, 0.2) is 87.8 Å². The van der Waals surface area contributed by atoms with Gasteiger partial charge in [0.2, 0.25) is 5.16 Å². The molecule has 0 unspecified atom stereocenters. The summed E-state index contributed by atoms with van der Waals surface area (Å²) in [7, 11) is 0. The van der Waals surface area contributed by atoms with Crippen LogP contribution in [0.3, 0.4) is 0 Å². The molecule has 0 bridgehead atoms. The molecule has 1 aliphatic heterocycles. The first kappa shape index (κ1) is 24.7. The van der Waals surface area contributed by atoms with Crippen LogP contribution in [0.25, 0.3) is 11.8 Å². The number of carbonyl (C=O) groups is 2. The number of tetrazole rings is 1. The van der Waals surface area contributed by atoms with Gasteiger partial charge in [-0.25, -0.2) is 0 Å². The lowest BCUT2D eigenvalue weighted by molar-refractivity contribution is -0.387. The number of rotatable bonds is 7. The molecule has 0 aliphatic carbocycles. The van der Waals surface area contributed by atoms with E-state index in [1.807, 2.05) is 30.3 Å². The summed E-state index contributed by atoms with van der Waals surface area (Å²) in [5, 5.41) is 23.9. The smallest absolute Gasteiger partial charge is 0.268 e. The predicted molar refractivity (Wildman–Crippen MR) is 139 cm³/mol. The van der Waals surface area contributed by atoms with Crippen LogP contribution in [0.1, 0.15) is 11.1 Å². The topological polar surface area (TPSA) is 124 Å². The van der Waals surface area contributed by atoms with E-state index in [9.17, 15) is 19.7 Å². The number of amides is 2. The van der Waals surface area contributed by atoms with Gasteiger partial charge in [0.05, 0.1) is 27.0 Å². The van der Waals surface area contributed by atoms with E-state index in [-0.39, 0.29) is 17.1 Å². The van der Waals surface area contributed by atoms with Gasteiger partial charge in [-0.05, 0) is 81.5 Å². The number of halogens is 1. The number of nitro groups is 1. The molecule has 0 radical (unpaired) electrons. The molecule has 13 heteroatoms. The predicted octanol–water partition coefficient (Wildman–Crippen LogP) is 5.61. The normalized spacial score (nSPS) is 14.5. The molecule has 4 aromatic rings. The van der Waals surface area contributed by atoms with E-state index in [1.54, 1.807) is 36.4 Å². The van der Waals surface area contributed by atoms with Crippen molar-refractivity contribution in [3.63, 3.8) is 0 Å². The Balaban J connectivity index is 1.39. The minimum atomic E-state index is -0.513. The van der Waals surface area contributed by atoms with E-state index in [2.05, 4.69) is 15.5 Å². The Labute approximate surface area is 223 Å². The molecule has 10 nitrogen and oxygen atoms in total. The maximum atomic E-state index is 12.9. The summed E-state index contributed by atoms with van der Waals surface area (Å²) in [5.41, 5.74) is 1.65. The maximum Gasteiger partial charge on any atom is 0.293 e. The molecule has 2 heterocycles. The van der Waals surface area contributed by atoms with Crippen molar-refractivity contribution in [2.75, 3.05) is 0 Å². The van der Waals surface area contributed by atoms with Crippen molar-refractivity contribution < 1.29 is 14.5 Å². The van der Waals surface area contributed by atoms with E-state index in [0.29, 0.717) is 31.9 Å². The van der Waals surface area contributed by atoms with Crippen LogP contribution >= 0.6 is 35.1 Å². The van der Waals surface area contributed by atoms with Crippen LogP contribution in [0.2, 0.25) is 5.02 Å². The van der Waals surface area contributed by atoms with Gasteiger partial charge >= 0.3 is 0 Å². The first-order valence-corrected chi connectivity index (χ1v) is 12.7. The van der Waals surface area contributed by atoms with Gasteiger partial charge in [0.25, 0.3) is 16.8 Å². The number of imide groups is 1. The molecule has 5 rings (SSSR count). The molecule has 0 atom stereocenters. The number of nitro benzene ring substituents is 1. The van der Waals surface area contributed by atoms with E-state index < -0.39 is 16.1 Å². The highest BCUT2D eigenvalue weighted by Crippen LogP contribution is 2.37. The lowest BCUT2D eigenvalue weighted by Gasteiger charge is -2.12. The summed E-state index contributed by atoms with van der Waals surface area (Å²) in [6, 6.07) is 20.6. The number of nitrogens with zero attached hydrogens (tertiary/aromatic N) is 6. The molecular weight excluding hydrogens is 536 g/mol. The van der Waals surface area contributed by atoms with Crippen molar-refractivity contribution in [3.8, 4) is 5.69 Å². The van der Waals surface area contributed by atoms with E-state index in [0.717, 1.165) is 28.4 Å². The minimum Gasteiger partial charge on any atom is -0.268 e. The van der Waals surface area contributed by atoms with Crippen molar-refractivity contribution in [3.05, 3.63) is 104 Å². The first-order valence-electron chi connectivity index (χ1n) is 10.7. The van der Waals surface area contributed by atoms with Crippen LogP contribution in [0.5, 0.6) is 0 Å². The molecule has 0 spiro atoms. The third-order valence-electron chi connectivity index (χ3n) is 5.22. The third kappa shape index (κ3) is 5.40. The highest BCUT2D eigenvalue weighted by Gasteiger charge is 2.35. The molecule has 3 aromatic carbocycles. The summed E-state index contributed by atoms with van der Waals surface area (Å²) in [4.78, 5) is 38.4. The van der Waals surface area contributed by atoms with Crippen LogP contribution in [0.4, 0.5) is 10.5 Å². The van der Waals surface area contributed by atoms with Crippen LogP contribution in [-0.2, 0) is 11.3 Å². The van der Waals surface area contributed by atoms with Crippen LogP contribution < -0.4 is 0 Å². The van der Waals surface area contributed by atoms with Crippen molar-refractivity contribution >= 4 is 58.0 Å². The van der Waals surface area contributed by atoms with Crippen LogP contribution in [-0.4, -0.2) is 41.2 Å². The van der Waals surface area contributed by atoms with Crippen LogP contribution in [0, 0.1) is 10.1 Å². The van der Waals surface area contributed by atoms with Gasteiger partial charge in [-0.2, -0.15) is 4.68 Å². The zero-order chi connectivity index (χ0) is 25.9. The molecule has 37 heavy (non-hydrogen) atoms. The summed E-state index contributed by atoms with van der Waals surface area (Å²) < 4.78 is 1.48.